The van der Waals surface area contributed by atoms with E-state index in [1.54, 1.807) is 0 Å². The minimum absolute atomic E-state index is 0.361. The molecule has 0 aromatic carbocycles. The molecule has 0 aromatic rings. The number of amides is 1. The van der Waals surface area contributed by atoms with Crippen molar-refractivity contribution < 1.29 is 25.2 Å². The summed E-state index contributed by atoms with van der Waals surface area (Å²) in [5.41, 5.74) is 0. The number of hydrogen-bond donors (Lipinski definition) is 5. The first kappa shape index (κ1) is 43.5. The molecule has 0 heterocycles. The van der Waals surface area contributed by atoms with E-state index in [1.807, 2.05) is 0 Å². The largest absolute Gasteiger partial charge is 0.394 e. The first-order valence-electron chi connectivity index (χ1n) is 18.9. The molecule has 4 unspecified atom stereocenters. The molecule has 0 saturated carbocycles. The summed E-state index contributed by atoms with van der Waals surface area (Å²) in [7, 11) is 0. The van der Waals surface area contributed by atoms with Gasteiger partial charge in [-0.1, -0.05) is 153 Å². The predicted molar refractivity (Wildman–Crippen MR) is 191 cm³/mol. The SMILES string of the molecule is CC/C=C/CC/C=C/CC/C=C/CCCC(O)C(O)C(CO)NC(=O)C(O)CCCCCCCCCCCCCCCCCC. The molecule has 0 fully saturated rings. The van der Waals surface area contributed by atoms with E-state index in [0.29, 0.717) is 19.3 Å². The molecule has 264 valence electrons. The molecule has 4 atom stereocenters. The Labute approximate surface area is 277 Å². The van der Waals surface area contributed by atoms with Crippen LogP contribution < -0.4 is 5.32 Å². The van der Waals surface area contributed by atoms with Crippen LogP contribution in [0.3, 0.4) is 0 Å². The molecule has 0 aliphatic carbocycles. The minimum atomic E-state index is -1.29. The van der Waals surface area contributed by atoms with E-state index in [0.717, 1.165) is 57.8 Å². The number of rotatable bonds is 33. The standard InChI is InChI=1S/C39H73NO5/c1-3-5-7-9-11-13-15-17-18-19-21-23-25-27-29-31-33-37(43)39(45)40-35(34-41)38(44)36(42)32-30-28-26-24-22-20-16-14-12-10-8-6-4-2/h6,8,14,16,24,26,35-38,41-44H,3-5,7,9-13,15,17-23,25,27-34H2,1-2H3,(H,40,45)/b8-6+,16-14+,26-24+. The third-order valence-corrected chi connectivity index (χ3v) is 8.57. The van der Waals surface area contributed by atoms with Crippen LogP contribution in [-0.4, -0.2) is 57.3 Å². The van der Waals surface area contributed by atoms with Gasteiger partial charge < -0.3 is 25.7 Å². The van der Waals surface area contributed by atoms with Crippen molar-refractivity contribution in [3.8, 4) is 0 Å². The van der Waals surface area contributed by atoms with Crippen LogP contribution >= 0.6 is 0 Å². The molecule has 0 aliphatic rings. The van der Waals surface area contributed by atoms with Crippen molar-refractivity contribution in [1.82, 2.24) is 5.32 Å². The summed E-state index contributed by atoms with van der Waals surface area (Å²) in [5, 5.41) is 43.4. The Bertz CT molecular complexity index is 722. The van der Waals surface area contributed by atoms with Crippen molar-refractivity contribution in [3.63, 3.8) is 0 Å². The zero-order valence-corrected chi connectivity index (χ0v) is 29.4. The van der Waals surface area contributed by atoms with Crippen LogP contribution in [-0.2, 0) is 4.79 Å². The van der Waals surface area contributed by atoms with Crippen molar-refractivity contribution >= 4 is 5.91 Å². The molecule has 0 spiro atoms. The lowest BCUT2D eigenvalue weighted by Crippen LogP contribution is -2.53. The Morgan fingerprint density at radius 3 is 1.42 bits per heavy atom. The first-order chi connectivity index (χ1) is 22.0. The third-order valence-electron chi connectivity index (χ3n) is 8.57. The van der Waals surface area contributed by atoms with Crippen LogP contribution in [0.25, 0.3) is 0 Å². The molecule has 45 heavy (non-hydrogen) atoms. The molecule has 1 amide bonds. The van der Waals surface area contributed by atoms with E-state index in [1.165, 1.54) is 83.5 Å². The molecule has 0 rings (SSSR count). The highest BCUT2D eigenvalue weighted by Crippen LogP contribution is 2.15. The van der Waals surface area contributed by atoms with Crippen molar-refractivity contribution in [3.05, 3.63) is 36.5 Å². The van der Waals surface area contributed by atoms with Crippen LogP contribution in [0.4, 0.5) is 0 Å². The van der Waals surface area contributed by atoms with Crippen LogP contribution in [0, 0.1) is 0 Å². The number of aliphatic hydroxyl groups excluding tert-OH is 4. The second-order valence-electron chi connectivity index (χ2n) is 12.9. The minimum Gasteiger partial charge on any atom is -0.394 e. The van der Waals surface area contributed by atoms with Gasteiger partial charge in [-0.15, -0.1) is 0 Å². The van der Waals surface area contributed by atoms with E-state index in [-0.39, 0.29) is 0 Å². The second-order valence-corrected chi connectivity index (χ2v) is 12.9. The molecule has 0 saturated heterocycles. The van der Waals surface area contributed by atoms with Crippen LogP contribution in [0.1, 0.15) is 174 Å². The summed E-state index contributed by atoms with van der Waals surface area (Å²) >= 11 is 0. The van der Waals surface area contributed by atoms with Gasteiger partial charge in [0, 0.05) is 0 Å². The topological polar surface area (TPSA) is 110 Å². The number of unbranched alkanes of at least 4 members (excludes halogenated alkanes) is 18. The van der Waals surface area contributed by atoms with Gasteiger partial charge in [0.15, 0.2) is 0 Å². The Hall–Kier alpha value is -1.47. The molecular weight excluding hydrogens is 562 g/mol. The monoisotopic (exact) mass is 636 g/mol. The summed E-state index contributed by atoms with van der Waals surface area (Å²) in [4.78, 5) is 12.4. The summed E-state index contributed by atoms with van der Waals surface area (Å²) in [6, 6.07) is -1.01. The number of allylic oxidation sites excluding steroid dienone is 6. The maximum Gasteiger partial charge on any atom is 0.249 e. The van der Waals surface area contributed by atoms with Gasteiger partial charge in [0.2, 0.25) is 5.91 Å². The van der Waals surface area contributed by atoms with Crippen molar-refractivity contribution in [2.24, 2.45) is 0 Å². The van der Waals surface area contributed by atoms with E-state index >= 15 is 0 Å². The molecule has 0 bridgehead atoms. The number of aliphatic hydroxyl groups is 4. The lowest BCUT2D eigenvalue weighted by atomic mass is 10.00. The van der Waals surface area contributed by atoms with Gasteiger partial charge in [-0.3, -0.25) is 4.79 Å². The Balaban J connectivity index is 3.86. The van der Waals surface area contributed by atoms with Crippen molar-refractivity contribution in [2.45, 2.75) is 199 Å². The van der Waals surface area contributed by atoms with Gasteiger partial charge in [-0.25, -0.2) is 0 Å². The highest BCUT2D eigenvalue weighted by Gasteiger charge is 2.28. The van der Waals surface area contributed by atoms with Crippen LogP contribution in [0.5, 0.6) is 0 Å². The summed E-state index contributed by atoms with van der Waals surface area (Å²) < 4.78 is 0. The molecular formula is C39H73NO5. The summed E-state index contributed by atoms with van der Waals surface area (Å²) in [5.74, 6) is -0.601. The smallest absolute Gasteiger partial charge is 0.249 e. The lowest BCUT2D eigenvalue weighted by Gasteiger charge is -2.27. The van der Waals surface area contributed by atoms with Gasteiger partial charge in [0.05, 0.1) is 18.8 Å². The fourth-order valence-electron chi connectivity index (χ4n) is 5.56. The third kappa shape index (κ3) is 28.5. The highest BCUT2D eigenvalue weighted by atomic mass is 16.3. The molecule has 0 aromatic heterocycles. The van der Waals surface area contributed by atoms with Crippen molar-refractivity contribution in [1.29, 1.82) is 0 Å². The van der Waals surface area contributed by atoms with Gasteiger partial charge in [-0.2, -0.15) is 0 Å². The van der Waals surface area contributed by atoms with Gasteiger partial charge in [-0.05, 0) is 57.8 Å². The van der Waals surface area contributed by atoms with Crippen LogP contribution in [0.15, 0.2) is 36.5 Å². The molecule has 5 N–H and O–H groups in total. The van der Waals surface area contributed by atoms with Gasteiger partial charge >= 0.3 is 0 Å². The zero-order valence-electron chi connectivity index (χ0n) is 29.4. The maximum atomic E-state index is 12.4. The van der Waals surface area contributed by atoms with Gasteiger partial charge in [0.1, 0.15) is 12.2 Å². The first-order valence-corrected chi connectivity index (χ1v) is 18.9. The summed E-state index contributed by atoms with van der Waals surface area (Å²) in [6.07, 6.45) is 37.4. The quantitative estimate of drug-likeness (QED) is 0.0365. The number of carbonyl (C=O) groups is 1. The van der Waals surface area contributed by atoms with E-state index in [9.17, 15) is 25.2 Å². The van der Waals surface area contributed by atoms with Crippen molar-refractivity contribution in [2.75, 3.05) is 6.61 Å². The predicted octanol–water partition coefficient (Wildman–Crippen LogP) is 9.01. The molecule has 0 radical (unpaired) electrons. The fraction of sp³-hybridized carbons (Fsp3) is 0.821. The molecule has 6 nitrogen and oxygen atoms in total. The maximum absolute atomic E-state index is 12.4. The van der Waals surface area contributed by atoms with Gasteiger partial charge in [0.25, 0.3) is 0 Å². The highest BCUT2D eigenvalue weighted by molar-refractivity contribution is 5.80. The molecule has 6 heteroatoms. The second kappa shape index (κ2) is 33.9. The van der Waals surface area contributed by atoms with Crippen LogP contribution in [0.2, 0.25) is 0 Å². The normalized spacial score (nSPS) is 14.9. The number of hydrogen-bond acceptors (Lipinski definition) is 5. The lowest BCUT2D eigenvalue weighted by molar-refractivity contribution is -0.132. The van der Waals surface area contributed by atoms with E-state index in [4.69, 9.17) is 0 Å². The Morgan fingerprint density at radius 2 is 0.978 bits per heavy atom. The van der Waals surface area contributed by atoms with E-state index in [2.05, 4.69) is 55.6 Å². The average Bonchev–Trinajstić information content (AvgIpc) is 3.04. The fourth-order valence-corrected chi connectivity index (χ4v) is 5.56. The summed E-state index contributed by atoms with van der Waals surface area (Å²) in [6.45, 7) is 3.90. The molecule has 0 aliphatic heterocycles. The van der Waals surface area contributed by atoms with E-state index < -0.39 is 36.9 Å². The average molecular weight is 636 g/mol. The Kier molecular flexibility index (Phi) is 32.8. The zero-order chi connectivity index (χ0) is 33.2. The number of carbonyl (C=O) groups excluding carboxylic acids is 1. The number of nitrogens with one attached hydrogen (secondary N) is 1. The Morgan fingerprint density at radius 1 is 0.556 bits per heavy atom.